The largest absolute Gasteiger partial charge is 0.451 e. The summed E-state index contributed by atoms with van der Waals surface area (Å²) in [5, 5.41) is 9.31. The van der Waals surface area contributed by atoms with Gasteiger partial charge in [0.2, 0.25) is 0 Å². The molecule has 0 bridgehead atoms. The molecule has 6 nitrogen and oxygen atoms in total. The van der Waals surface area contributed by atoms with E-state index in [4.69, 9.17) is 4.42 Å². The van der Waals surface area contributed by atoms with Gasteiger partial charge in [-0.1, -0.05) is 18.2 Å². The van der Waals surface area contributed by atoms with Crippen LogP contribution in [0.25, 0.3) is 11.0 Å². The number of aromatic nitrogens is 3. The van der Waals surface area contributed by atoms with Crippen LogP contribution in [0.15, 0.2) is 35.0 Å². The molecule has 0 atom stereocenters. The number of nitrogens with zero attached hydrogens (tertiary/aromatic N) is 4. The van der Waals surface area contributed by atoms with E-state index in [2.05, 4.69) is 21.7 Å². The van der Waals surface area contributed by atoms with Gasteiger partial charge in [-0.2, -0.15) is 0 Å². The highest BCUT2D eigenvalue weighted by atomic mass is 16.3. The maximum atomic E-state index is 12.9. The Morgan fingerprint density at radius 2 is 2.04 bits per heavy atom. The first kappa shape index (κ1) is 15.9. The van der Waals surface area contributed by atoms with E-state index in [1.54, 1.807) is 6.33 Å². The molecule has 6 heteroatoms. The Balaban J connectivity index is 1.50. The summed E-state index contributed by atoms with van der Waals surface area (Å²) in [5.74, 6) is 1.86. The summed E-state index contributed by atoms with van der Waals surface area (Å²) in [4.78, 5) is 14.8. The molecular weight excluding hydrogens is 316 g/mol. The summed E-state index contributed by atoms with van der Waals surface area (Å²) >= 11 is 0. The summed E-state index contributed by atoms with van der Waals surface area (Å²) < 4.78 is 7.92. The third-order valence-corrected chi connectivity index (χ3v) is 5.17. The third kappa shape index (κ3) is 2.71. The Hall–Kier alpha value is -2.63. The van der Waals surface area contributed by atoms with E-state index in [0.717, 1.165) is 54.8 Å². The minimum atomic E-state index is -0.0101. The fraction of sp³-hybridized carbons (Fsp3) is 0.421. The summed E-state index contributed by atoms with van der Waals surface area (Å²) in [6.45, 7) is 6.36. The van der Waals surface area contributed by atoms with Crippen LogP contribution < -0.4 is 0 Å². The molecule has 1 aromatic carbocycles. The highest BCUT2D eigenvalue weighted by Crippen LogP contribution is 2.30. The fourth-order valence-electron chi connectivity index (χ4n) is 3.69. The SMILES string of the molecule is CCn1cnnc1C1CCN(C(=O)c2oc3ccccc3c2C)CC1. The molecule has 0 N–H and O–H groups in total. The second-order valence-corrected chi connectivity index (χ2v) is 6.59. The number of fused-ring (bicyclic) bond motifs is 1. The van der Waals surface area contributed by atoms with E-state index in [0.29, 0.717) is 11.7 Å². The van der Waals surface area contributed by atoms with Gasteiger partial charge in [-0.3, -0.25) is 4.79 Å². The molecule has 2 aromatic heterocycles. The molecule has 3 heterocycles. The molecule has 0 aliphatic carbocycles. The minimum Gasteiger partial charge on any atom is -0.451 e. The average molecular weight is 338 g/mol. The van der Waals surface area contributed by atoms with Gasteiger partial charge in [-0.25, -0.2) is 0 Å². The lowest BCUT2D eigenvalue weighted by atomic mass is 9.95. The molecule has 1 fully saturated rings. The van der Waals surface area contributed by atoms with Crippen molar-refractivity contribution in [1.29, 1.82) is 0 Å². The first-order chi connectivity index (χ1) is 12.2. The average Bonchev–Trinajstić information content (AvgIpc) is 3.26. The maximum absolute atomic E-state index is 12.9. The van der Waals surface area contributed by atoms with Crippen LogP contribution in [0, 0.1) is 6.92 Å². The van der Waals surface area contributed by atoms with Crippen LogP contribution >= 0.6 is 0 Å². The van der Waals surface area contributed by atoms with Crippen LogP contribution in [0.5, 0.6) is 0 Å². The van der Waals surface area contributed by atoms with Gasteiger partial charge in [-0.15, -0.1) is 10.2 Å². The monoisotopic (exact) mass is 338 g/mol. The molecule has 0 unspecified atom stereocenters. The Labute approximate surface area is 146 Å². The molecule has 1 amide bonds. The molecule has 4 rings (SSSR count). The number of hydrogen-bond acceptors (Lipinski definition) is 4. The minimum absolute atomic E-state index is 0.0101. The Bertz CT molecular complexity index is 903. The van der Waals surface area contributed by atoms with Crippen molar-refractivity contribution in [2.24, 2.45) is 0 Å². The fourth-order valence-corrected chi connectivity index (χ4v) is 3.69. The second kappa shape index (κ2) is 6.35. The van der Waals surface area contributed by atoms with Gasteiger partial charge in [0, 0.05) is 36.5 Å². The van der Waals surface area contributed by atoms with Crippen LogP contribution in [-0.4, -0.2) is 38.7 Å². The zero-order valence-electron chi connectivity index (χ0n) is 14.6. The number of carbonyl (C=O) groups is 1. The number of amides is 1. The molecule has 0 radical (unpaired) electrons. The van der Waals surface area contributed by atoms with Crippen molar-refractivity contribution in [3.8, 4) is 0 Å². The van der Waals surface area contributed by atoms with E-state index in [1.165, 1.54) is 0 Å². The van der Waals surface area contributed by atoms with Crippen LogP contribution in [-0.2, 0) is 6.54 Å². The van der Waals surface area contributed by atoms with E-state index >= 15 is 0 Å². The summed E-state index contributed by atoms with van der Waals surface area (Å²) in [7, 11) is 0. The van der Waals surface area contributed by atoms with Gasteiger partial charge >= 0.3 is 0 Å². The molecule has 1 aliphatic rings. The Morgan fingerprint density at radius 1 is 1.28 bits per heavy atom. The molecule has 130 valence electrons. The quantitative estimate of drug-likeness (QED) is 0.734. The number of rotatable bonds is 3. The summed E-state index contributed by atoms with van der Waals surface area (Å²) in [5.41, 5.74) is 1.70. The topological polar surface area (TPSA) is 64.2 Å². The number of carbonyl (C=O) groups excluding carboxylic acids is 1. The predicted octanol–water partition coefficient (Wildman–Crippen LogP) is 3.37. The van der Waals surface area contributed by atoms with Crippen molar-refractivity contribution >= 4 is 16.9 Å². The lowest BCUT2D eigenvalue weighted by Crippen LogP contribution is -2.38. The molecule has 0 saturated carbocycles. The van der Waals surface area contributed by atoms with Crippen molar-refractivity contribution < 1.29 is 9.21 Å². The van der Waals surface area contributed by atoms with Gasteiger partial charge in [0.25, 0.3) is 5.91 Å². The number of hydrogen-bond donors (Lipinski definition) is 0. The molecular formula is C19H22N4O2. The first-order valence-electron chi connectivity index (χ1n) is 8.84. The number of aryl methyl sites for hydroxylation is 2. The standard InChI is InChI=1S/C19H22N4O2/c1-3-22-12-20-21-18(22)14-8-10-23(11-9-14)19(24)17-13(2)15-6-4-5-7-16(15)25-17/h4-7,12,14H,3,8-11H2,1-2H3. The second-order valence-electron chi connectivity index (χ2n) is 6.59. The van der Waals surface area contributed by atoms with Crippen LogP contribution in [0.2, 0.25) is 0 Å². The number of furan rings is 1. The predicted molar refractivity (Wildman–Crippen MR) is 94.5 cm³/mol. The van der Waals surface area contributed by atoms with Gasteiger partial charge in [0.1, 0.15) is 17.7 Å². The van der Waals surface area contributed by atoms with E-state index < -0.39 is 0 Å². The smallest absolute Gasteiger partial charge is 0.289 e. The number of benzene rings is 1. The molecule has 1 saturated heterocycles. The molecule has 1 aliphatic heterocycles. The number of piperidine rings is 1. The van der Waals surface area contributed by atoms with Gasteiger partial charge in [0.05, 0.1) is 0 Å². The lowest BCUT2D eigenvalue weighted by molar-refractivity contribution is 0.0679. The van der Waals surface area contributed by atoms with E-state index in [9.17, 15) is 4.79 Å². The Morgan fingerprint density at radius 3 is 2.76 bits per heavy atom. The number of para-hydroxylation sites is 1. The van der Waals surface area contributed by atoms with E-state index in [-0.39, 0.29) is 5.91 Å². The van der Waals surface area contributed by atoms with Crippen molar-refractivity contribution in [2.75, 3.05) is 13.1 Å². The molecule has 25 heavy (non-hydrogen) atoms. The van der Waals surface area contributed by atoms with Gasteiger partial charge in [0.15, 0.2) is 5.76 Å². The molecule has 3 aromatic rings. The Kier molecular flexibility index (Phi) is 4.03. The lowest BCUT2D eigenvalue weighted by Gasteiger charge is -2.31. The van der Waals surface area contributed by atoms with Gasteiger partial charge in [-0.05, 0) is 32.8 Å². The number of likely N-dealkylation sites (tertiary alicyclic amines) is 1. The maximum Gasteiger partial charge on any atom is 0.289 e. The van der Waals surface area contributed by atoms with Crippen molar-refractivity contribution in [3.63, 3.8) is 0 Å². The molecule has 0 spiro atoms. The van der Waals surface area contributed by atoms with Crippen LogP contribution in [0.3, 0.4) is 0 Å². The highest BCUT2D eigenvalue weighted by molar-refractivity contribution is 5.98. The summed E-state index contributed by atoms with van der Waals surface area (Å²) in [6.07, 6.45) is 3.60. The van der Waals surface area contributed by atoms with Crippen molar-refractivity contribution in [3.05, 3.63) is 47.7 Å². The van der Waals surface area contributed by atoms with Gasteiger partial charge < -0.3 is 13.9 Å². The van der Waals surface area contributed by atoms with Crippen LogP contribution in [0.1, 0.15) is 47.6 Å². The normalized spacial score (nSPS) is 15.8. The van der Waals surface area contributed by atoms with Crippen molar-refractivity contribution in [1.82, 2.24) is 19.7 Å². The van der Waals surface area contributed by atoms with Crippen molar-refractivity contribution in [2.45, 2.75) is 39.2 Å². The van der Waals surface area contributed by atoms with E-state index in [1.807, 2.05) is 36.1 Å². The zero-order chi connectivity index (χ0) is 17.4. The first-order valence-corrected chi connectivity index (χ1v) is 8.84. The third-order valence-electron chi connectivity index (χ3n) is 5.17. The highest BCUT2D eigenvalue weighted by Gasteiger charge is 2.29. The zero-order valence-corrected chi connectivity index (χ0v) is 14.6. The van der Waals surface area contributed by atoms with Crippen LogP contribution in [0.4, 0.5) is 0 Å². The summed E-state index contributed by atoms with van der Waals surface area (Å²) in [6, 6.07) is 7.79.